The predicted molar refractivity (Wildman–Crippen MR) is 104 cm³/mol. The molecule has 1 fully saturated rings. The van der Waals surface area contributed by atoms with E-state index in [0.29, 0.717) is 23.5 Å². The number of carbonyl (C=O) groups is 2. The molecule has 1 unspecified atom stereocenters. The molecule has 0 aromatic heterocycles. The molecule has 0 saturated carbocycles. The molecule has 0 radical (unpaired) electrons. The van der Waals surface area contributed by atoms with Crippen LogP contribution in [0.1, 0.15) is 37.0 Å². The quantitative estimate of drug-likeness (QED) is 0.812. The summed E-state index contributed by atoms with van der Waals surface area (Å²) in [5.41, 5.74) is 1.70. The third-order valence-corrected chi connectivity index (χ3v) is 4.10. The van der Waals surface area contributed by atoms with E-state index in [2.05, 4.69) is 10.6 Å². The molecular formula is C21H24N2O4. The van der Waals surface area contributed by atoms with Crippen LogP contribution in [0.2, 0.25) is 0 Å². The van der Waals surface area contributed by atoms with Crippen LogP contribution in [-0.4, -0.2) is 30.6 Å². The third kappa shape index (κ3) is 5.31. The Morgan fingerprint density at radius 2 is 1.85 bits per heavy atom. The van der Waals surface area contributed by atoms with Crippen molar-refractivity contribution in [1.82, 2.24) is 0 Å². The van der Waals surface area contributed by atoms with Crippen LogP contribution in [0.4, 0.5) is 11.4 Å². The Bertz CT molecular complexity index is 796. The van der Waals surface area contributed by atoms with Crippen molar-refractivity contribution in [2.45, 2.75) is 38.9 Å². The normalized spacial score (nSPS) is 16.2. The van der Waals surface area contributed by atoms with E-state index in [1.165, 1.54) is 0 Å². The van der Waals surface area contributed by atoms with Crippen LogP contribution >= 0.6 is 0 Å². The second-order valence-electron chi connectivity index (χ2n) is 6.72. The van der Waals surface area contributed by atoms with Crippen molar-refractivity contribution in [2.75, 3.05) is 17.2 Å². The molecule has 0 bridgehead atoms. The van der Waals surface area contributed by atoms with E-state index in [4.69, 9.17) is 9.47 Å². The highest BCUT2D eigenvalue weighted by Gasteiger charge is 2.23. The third-order valence-electron chi connectivity index (χ3n) is 4.10. The lowest BCUT2D eigenvalue weighted by Crippen LogP contribution is -2.27. The Morgan fingerprint density at radius 1 is 1.07 bits per heavy atom. The maximum Gasteiger partial charge on any atom is 0.255 e. The van der Waals surface area contributed by atoms with Gasteiger partial charge in [0.25, 0.3) is 11.8 Å². The van der Waals surface area contributed by atoms with Crippen molar-refractivity contribution in [3.05, 3.63) is 54.1 Å². The number of ether oxygens (including phenoxy) is 2. The van der Waals surface area contributed by atoms with Gasteiger partial charge in [0.05, 0.1) is 6.10 Å². The molecule has 2 aromatic rings. The molecule has 0 aliphatic carbocycles. The first-order chi connectivity index (χ1) is 13.0. The SMILES string of the molecule is CC(C)Oc1ccc(NC(=O)c2cccc(NC(=O)C3CCCO3)c2)cc1. The molecule has 2 N–H and O–H groups in total. The second kappa shape index (κ2) is 8.68. The summed E-state index contributed by atoms with van der Waals surface area (Å²) in [5, 5.41) is 5.65. The maximum atomic E-state index is 12.5. The van der Waals surface area contributed by atoms with Gasteiger partial charge in [-0.2, -0.15) is 0 Å². The van der Waals surface area contributed by atoms with Gasteiger partial charge in [0.15, 0.2) is 0 Å². The Hall–Kier alpha value is -2.86. The first kappa shape index (κ1) is 18.9. The number of hydrogen-bond acceptors (Lipinski definition) is 4. The summed E-state index contributed by atoms with van der Waals surface area (Å²) in [6, 6.07) is 14.0. The monoisotopic (exact) mass is 368 g/mol. The first-order valence-electron chi connectivity index (χ1n) is 9.12. The molecule has 3 rings (SSSR count). The molecule has 1 saturated heterocycles. The molecule has 2 amide bonds. The minimum atomic E-state index is -0.408. The van der Waals surface area contributed by atoms with E-state index in [-0.39, 0.29) is 17.9 Å². The highest BCUT2D eigenvalue weighted by atomic mass is 16.5. The summed E-state index contributed by atoms with van der Waals surface area (Å²) in [6.45, 7) is 4.53. The zero-order chi connectivity index (χ0) is 19.2. The van der Waals surface area contributed by atoms with Gasteiger partial charge in [0.2, 0.25) is 0 Å². The zero-order valence-electron chi connectivity index (χ0n) is 15.5. The Morgan fingerprint density at radius 3 is 2.52 bits per heavy atom. The van der Waals surface area contributed by atoms with Crippen LogP contribution in [0.5, 0.6) is 5.75 Å². The molecule has 1 heterocycles. The van der Waals surface area contributed by atoms with Crippen molar-refractivity contribution in [3.63, 3.8) is 0 Å². The largest absolute Gasteiger partial charge is 0.491 e. The van der Waals surface area contributed by atoms with Crippen LogP contribution in [0, 0.1) is 0 Å². The van der Waals surface area contributed by atoms with Crippen LogP contribution in [-0.2, 0) is 9.53 Å². The van der Waals surface area contributed by atoms with Gasteiger partial charge in [-0.15, -0.1) is 0 Å². The Balaban J connectivity index is 1.62. The van der Waals surface area contributed by atoms with Crippen molar-refractivity contribution in [2.24, 2.45) is 0 Å². The van der Waals surface area contributed by atoms with E-state index in [1.807, 2.05) is 26.0 Å². The van der Waals surface area contributed by atoms with Crippen LogP contribution < -0.4 is 15.4 Å². The highest BCUT2D eigenvalue weighted by molar-refractivity contribution is 6.05. The number of amides is 2. The molecule has 142 valence electrons. The number of carbonyl (C=O) groups excluding carboxylic acids is 2. The molecular weight excluding hydrogens is 344 g/mol. The van der Waals surface area contributed by atoms with Crippen LogP contribution in [0.15, 0.2) is 48.5 Å². The minimum absolute atomic E-state index is 0.0954. The van der Waals surface area contributed by atoms with E-state index in [0.717, 1.165) is 18.6 Å². The summed E-state index contributed by atoms with van der Waals surface area (Å²) in [4.78, 5) is 24.6. The highest BCUT2D eigenvalue weighted by Crippen LogP contribution is 2.19. The lowest BCUT2D eigenvalue weighted by Gasteiger charge is -2.12. The summed E-state index contributed by atoms with van der Waals surface area (Å²) >= 11 is 0. The fourth-order valence-corrected chi connectivity index (χ4v) is 2.84. The van der Waals surface area contributed by atoms with Gasteiger partial charge in [0.1, 0.15) is 11.9 Å². The second-order valence-corrected chi connectivity index (χ2v) is 6.72. The van der Waals surface area contributed by atoms with E-state index < -0.39 is 6.10 Å². The van der Waals surface area contributed by atoms with E-state index in [9.17, 15) is 9.59 Å². The predicted octanol–water partition coefficient (Wildman–Crippen LogP) is 3.84. The van der Waals surface area contributed by atoms with Crippen molar-refractivity contribution < 1.29 is 19.1 Å². The van der Waals surface area contributed by atoms with Crippen LogP contribution in [0.3, 0.4) is 0 Å². The van der Waals surface area contributed by atoms with Crippen LogP contribution in [0.25, 0.3) is 0 Å². The number of anilines is 2. The average Bonchev–Trinajstić information content (AvgIpc) is 3.18. The number of benzene rings is 2. The molecule has 27 heavy (non-hydrogen) atoms. The molecule has 6 heteroatoms. The van der Waals surface area contributed by atoms with Gasteiger partial charge < -0.3 is 20.1 Å². The zero-order valence-corrected chi connectivity index (χ0v) is 15.5. The summed E-state index contributed by atoms with van der Waals surface area (Å²) < 4.78 is 11.0. The molecule has 1 aliphatic rings. The Labute approximate surface area is 158 Å². The van der Waals surface area contributed by atoms with E-state index >= 15 is 0 Å². The number of hydrogen-bond donors (Lipinski definition) is 2. The van der Waals surface area contributed by atoms with E-state index in [1.54, 1.807) is 36.4 Å². The fraction of sp³-hybridized carbons (Fsp3) is 0.333. The first-order valence-corrected chi connectivity index (χ1v) is 9.12. The van der Waals surface area contributed by atoms with Gasteiger partial charge in [-0.25, -0.2) is 0 Å². The van der Waals surface area contributed by atoms with Gasteiger partial charge in [-0.3, -0.25) is 9.59 Å². The van der Waals surface area contributed by atoms with Gasteiger partial charge >= 0.3 is 0 Å². The minimum Gasteiger partial charge on any atom is -0.491 e. The smallest absolute Gasteiger partial charge is 0.255 e. The molecule has 1 aliphatic heterocycles. The van der Waals surface area contributed by atoms with Gasteiger partial charge in [-0.1, -0.05) is 6.07 Å². The summed E-state index contributed by atoms with van der Waals surface area (Å²) in [7, 11) is 0. The van der Waals surface area contributed by atoms with Gasteiger partial charge in [0, 0.05) is 23.5 Å². The lowest BCUT2D eigenvalue weighted by atomic mass is 10.1. The molecule has 2 aromatic carbocycles. The maximum absolute atomic E-state index is 12.5. The number of nitrogens with one attached hydrogen (secondary N) is 2. The molecule has 1 atom stereocenters. The average molecular weight is 368 g/mol. The Kier molecular flexibility index (Phi) is 6.08. The lowest BCUT2D eigenvalue weighted by molar-refractivity contribution is -0.124. The summed E-state index contributed by atoms with van der Waals surface area (Å²) in [5.74, 6) is 0.327. The van der Waals surface area contributed by atoms with Crippen molar-refractivity contribution in [1.29, 1.82) is 0 Å². The van der Waals surface area contributed by atoms with Crippen molar-refractivity contribution >= 4 is 23.2 Å². The standard InChI is InChI=1S/C21H24N2O4/c1-14(2)27-18-10-8-16(9-11-18)22-20(24)15-5-3-6-17(13-15)23-21(25)19-7-4-12-26-19/h3,5-6,8-11,13-14,19H,4,7,12H2,1-2H3,(H,22,24)(H,23,25). The number of rotatable bonds is 6. The van der Waals surface area contributed by atoms with Gasteiger partial charge in [-0.05, 0) is 69.2 Å². The topological polar surface area (TPSA) is 76.7 Å². The molecule has 0 spiro atoms. The molecule has 6 nitrogen and oxygen atoms in total. The fourth-order valence-electron chi connectivity index (χ4n) is 2.84. The summed E-state index contributed by atoms with van der Waals surface area (Å²) in [6.07, 6.45) is 1.30. The van der Waals surface area contributed by atoms with Crippen molar-refractivity contribution in [3.8, 4) is 5.75 Å².